The van der Waals surface area contributed by atoms with Crippen LogP contribution in [-0.4, -0.2) is 54.1 Å². The predicted molar refractivity (Wildman–Crippen MR) is 109 cm³/mol. The average Bonchev–Trinajstić information content (AvgIpc) is 2.73. The van der Waals surface area contributed by atoms with Crippen molar-refractivity contribution in [1.29, 1.82) is 0 Å². The highest BCUT2D eigenvalue weighted by molar-refractivity contribution is 5.46. The van der Waals surface area contributed by atoms with E-state index in [1.807, 2.05) is 12.1 Å². The SMILES string of the molecule is COc1cccc(CN2CCc3nc([C@@H]4CCCCN4C)ncc3C2)c1OC. The number of hydrogen-bond donors (Lipinski definition) is 0. The van der Waals surface area contributed by atoms with Crippen molar-refractivity contribution in [1.82, 2.24) is 19.8 Å². The lowest BCUT2D eigenvalue weighted by molar-refractivity contribution is 0.178. The van der Waals surface area contributed by atoms with Gasteiger partial charge in [-0.05, 0) is 32.5 Å². The van der Waals surface area contributed by atoms with Gasteiger partial charge in [-0.1, -0.05) is 18.6 Å². The van der Waals surface area contributed by atoms with Crippen molar-refractivity contribution in [3.8, 4) is 11.5 Å². The smallest absolute Gasteiger partial charge is 0.165 e. The summed E-state index contributed by atoms with van der Waals surface area (Å²) in [5, 5.41) is 0. The molecular formula is C22H30N4O2. The highest BCUT2D eigenvalue weighted by atomic mass is 16.5. The molecule has 1 atom stereocenters. The third-order valence-corrected chi connectivity index (χ3v) is 5.98. The standard InChI is InChI=1S/C22H30N4O2/c1-25-11-5-4-8-19(25)22-23-13-17-15-26(12-10-18(17)24-22)14-16-7-6-9-20(27-2)21(16)28-3/h6-7,9,13,19H,4-5,8,10-12,14-15H2,1-3H3/t19-/m0/s1. The van der Waals surface area contributed by atoms with E-state index < -0.39 is 0 Å². The number of methoxy groups -OCH3 is 2. The number of para-hydroxylation sites is 1. The molecule has 1 aromatic heterocycles. The Bertz CT molecular complexity index is 826. The Labute approximate surface area is 167 Å². The zero-order valence-corrected chi connectivity index (χ0v) is 17.1. The van der Waals surface area contributed by atoms with E-state index in [4.69, 9.17) is 19.4 Å². The number of benzene rings is 1. The second-order valence-corrected chi connectivity index (χ2v) is 7.81. The average molecular weight is 383 g/mol. The van der Waals surface area contributed by atoms with Crippen LogP contribution in [0.5, 0.6) is 11.5 Å². The van der Waals surface area contributed by atoms with Crippen molar-refractivity contribution in [3.05, 3.63) is 47.0 Å². The van der Waals surface area contributed by atoms with E-state index in [0.29, 0.717) is 6.04 Å². The van der Waals surface area contributed by atoms with Crippen LogP contribution in [0.1, 0.15) is 47.9 Å². The minimum absolute atomic E-state index is 0.373. The molecule has 0 amide bonds. The summed E-state index contributed by atoms with van der Waals surface area (Å²) in [6.45, 7) is 3.83. The molecule has 0 unspecified atom stereocenters. The quantitative estimate of drug-likeness (QED) is 0.792. The molecular weight excluding hydrogens is 352 g/mol. The molecule has 1 saturated heterocycles. The van der Waals surface area contributed by atoms with Crippen LogP contribution in [0.2, 0.25) is 0 Å². The molecule has 4 rings (SSSR count). The van der Waals surface area contributed by atoms with Crippen molar-refractivity contribution < 1.29 is 9.47 Å². The van der Waals surface area contributed by atoms with Gasteiger partial charge in [-0.3, -0.25) is 9.80 Å². The van der Waals surface area contributed by atoms with E-state index in [2.05, 4.69) is 29.1 Å². The molecule has 6 nitrogen and oxygen atoms in total. The van der Waals surface area contributed by atoms with Crippen LogP contribution >= 0.6 is 0 Å². The highest BCUT2D eigenvalue weighted by Gasteiger charge is 2.26. The van der Waals surface area contributed by atoms with Crippen molar-refractivity contribution in [3.63, 3.8) is 0 Å². The fraction of sp³-hybridized carbons (Fsp3) is 0.545. The van der Waals surface area contributed by atoms with Crippen molar-refractivity contribution in [2.75, 3.05) is 34.4 Å². The first-order valence-corrected chi connectivity index (χ1v) is 10.2. The monoisotopic (exact) mass is 382 g/mol. The topological polar surface area (TPSA) is 50.7 Å². The Hall–Kier alpha value is -2.18. The maximum atomic E-state index is 5.59. The van der Waals surface area contributed by atoms with E-state index in [0.717, 1.165) is 61.9 Å². The molecule has 150 valence electrons. The highest BCUT2D eigenvalue weighted by Crippen LogP contribution is 2.33. The Balaban J connectivity index is 1.48. The first kappa shape index (κ1) is 19.2. The fourth-order valence-electron chi connectivity index (χ4n) is 4.41. The molecule has 2 aliphatic rings. The zero-order chi connectivity index (χ0) is 19.5. The molecule has 0 spiro atoms. The van der Waals surface area contributed by atoms with E-state index >= 15 is 0 Å². The summed E-state index contributed by atoms with van der Waals surface area (Å²) >= 11 is 0. The molecule has 28 heavy (non-hydrogen) atoms. The Morgan fingerprint density at radius 1 is 1.14 bits per heavy atom. The third kappa shape index (κ3) is 3.84. The van der Waals surface area contributed by atoms with Gasteiger partial charge in [0.15, 0.2) is 11.5 Å². The second kappa shape index (κ2) is 8.45. The van der Waals surface area contributed by atoms with Gasteiger partial charge in [-0.25, -0.2) is 9.97 Å². The molecule has 0 bridgehead atoms. The minimum Gasteiger partial charge on any atom is -0.493 e. The van der Waals surface area contributed by atoms with Crippen LogP contribution < -0.4 is 9.47 Å². The molecule has 0 radical (unpaired) electrons. The van der Waals surface area contributed by atoms with E-state index in [1.54, 1.807) is 14.2 Å². The normalized spacial score (nSPS) is 20.6. The van der Waals surface area contributed by atoms with Gasteiger partial charge in [-0.15, -0.1) is 0 Å². The molecule has 0 saturated carbocycles. The van der Waals surface area contributed by atoms with Gasteiger partial charge in [-0.2, -0.15) is 0 Å². The number of hydrogen-bond acceptors (Lipinski definition) is 6. The van der Waals surface area contributed by atoms with Gasteiger partial charge in [0.1, 0.15) is 5.82 Å². The molecule has 2 aliphatic heterocycles. The van der Waals surface area contributed by atoms with Gasteiger partial charge < -0.3 is 9.47 Å². The molecule has 2 aromatic rings. The second-order valence-electron chi connectivity index (χ2n) is 7.81. The summed E-state index contributed by atoms with van der Waals surface area (Å²) in [4.78, 5) is 14.5. The van der Waals surface area contributed by atoms with Gasteiger partial charge in [0.05, 0.1) is 20.3 Å². The lowest BCUT2D eigenvalue weighted by Gasteiger charge is -2.33. The fourth-order valence-corrected chi connectivity index (χ4v) is 4.41. The van der Waals surface area contributed by atoms with E-state index in [9.17, 15) is 0 Å². The largest absolute Gasteiger partial charge is 0.493 e. The van der Waals surface area contributed by atoms with E-state index in [-0.39, 0.29) is 0 Å². The number of likely N-dealkylation sites (tertiary alicyclic amines) is 1. The van der Waals surface area contributed by atoms with Crippen LogP contribution in [0.3, 0.4) is 0 Å². The van der Waals surface area contributed by atoms with Gasteiger partial charge >= 0.3 is 0 Å². The summed E-state index contributed by atoms with van der Waals surface area (Å²) in [5.41, 5.74) is 3.61. The van der Waals surface area contributed by atoms with Gasteiger partial charge in [0, 0.05) is 49.1 Å². The Morgan fingerprint density at radius 2 is 2.04 bits per heavy atom. The summed E-state index contributed by atoms with van der Waals surface area (Å²) in [5.74, 6) is 2.61. The molecule has 1 aromatic carbocycles. The van der Waals surface area contributed by atoms with Gasteiger partial charge in [0.2, 0.25) is 0 Å². The first-order chi connectivity index (χ1) is 13.7. The maximum absolute atomic E-state index is 5.59. The number of piperidine rings is 1. The third-order valence-electron chi connectivity index (χ3n) is 5.98. The molecule has 3 heterocycles. The van der Waals surface area contributed by atoms with Gasteiger partial charge in [0.25, 0.3) is 0 Å². The minimum atomic E-state index is 0.373. The summed E-state index contributed by atoms with van der Waals surface area (Å²) in [6.07, 6.45) is 6.73. The maximum Gasteiger partial charge on any atom is 0.165 e. The molecule has 1 fully saturated rings. The van der Waals surface area contributed by atoms with Crippen LogP contribution in [0.25, 0.3) is 0 Å². The van der Waals surface area contributed by atoms with Crippen LogP contribution in [0.4, 0.5) is 0 Å². The van der Waals surface area contributed by atoms with E-state index in [1.165, 1.54) is 24.1 Å². The summed E-state index contributed by atoms with van der Waals surface area (Å²) < 4.78 is 11.0. The summed E-state index contributed by atoms with van der Waals surface area (Å²) in [6, 6.07) is 6.43. The predicted octanol–water partition coefficient (Wildman–Crippen LogP) is 3.21. The summed E-state index contributed by atoms with van der Waals surface area (Å²) in [7, 11) is 5.57. The molecule has 0 aliphatic carbocycles. The van der Waals surface area contributed by atoms with Crippen LogP contribution in [0.15, 0.2) is 24.4 Å². The van der Waals surface area contributed by atoms with Crippen molar-refractivity contribution in [2.45, 2.75) is 44.8 Å². The Morgan fingerprint density at radius 3 is 2.82 bits per heavy atom. The lowest BCUT2D eigenvalue weighted by atomic mass is 10.0. The lowest BCUT2D eigenvalue weighted by Crippen LogP contribution is -2.33. The first-order valence-electron chi connectivity index (χ1n) is 10.2. The van der Waals surface area contributed by atoms with Crippen LogP contribution in [-0.2, 0) is 19.5 Å². The number of aromatic nitrogens is 2. The number of nitrogens with zero attached hydrogens (tertiary/aromatic N) is 4. The number of ether oxygens (including phenoxy) is 2. The molecule has 0 N–H and O–H groups in total. The van der Waals surface area contributed by atoms with Crippen molar-refractivity contribution in [2.24, 2.45) is 0 Å². The molecule has 6 heteroatoms. The zero-order valence-electron chi connectivity index (χ0n) is 17.1. The Kier molecular flexibility index (Phi) is 5.78. The number of rotatable bonds is 5. The number of fused-ring (bicyclic) bond motifs is 1. The van der Waals surface area contributed by atoms with Crippen molar-refractivity contribution >= 4 is 0 Å². The van der Waals surface area contributed by atoms with Crippen LogP contribution in [0, 0.1) is 0 Å².